The zero-order chi connectivity index (χ0) is 22.0. The van der Waals surface area contributed by atoms with E-state index in [0.717, 1.165) is 12.1 Å². The van der Waals surface area contributed by atoms with Gasteiger partial charge in [-0.25, -0.2) is 0 Å². The monoisotopic (exact) mass is 413 g/mol. The molecule has 0 aliphatic rings. The number of amides is 1. The number of nitrogens with one attached hydrogen (secondary N) is 1. The van der Waals surface area contributed by atoms with Crippen molar-refractivity contribution in [2.45, 2.75) is 20.4 Å². The summed E-state index contributed by atoms with van der Waals surface area (Å²) in [4.78, 5) is 33.4. The maximum absolute atomic E-state index is 13.5. The van der Waals surface area contributed by atoms with Crippen molar-refractivity contribution in [3.63, 3.8) is 0 Å². The van der Waals surface area contributed by atoms with Gasteiger partial charge in [0, 0.05) is 17.3 Å². The summed E-state index contributed by atoms with van der Waals surface area (Å²) in [6.45, 7) is 3.20. The molecule has 0 atom stereocenters. The molecule has 1 N–H and O–H groups in total. The van der Waals surface area contributed by atoms with Crippen LogP contribution in [-0.2, 0) is 6.54 Å². The van der Waals surface area contributed by atoms with Gasteiger partial charge >= 0.3 is 11.4 Å². The Bertz CT molecular complexity index is 1170. The van der Waals surface area contributed by atoms with Crippen molar-refractivity contribution in [2.75, 3.05) is 5.32 Å². The number of benzene rings is 2. The van der Waals surface area contributed by atoms with E-state index in [-0.39, 0.29) is 29.2 Å². The van der Waals surface area contributed by atoms with Crippen LogP contribution in [0.15, 0.2) is 42.5 Å². The fourth-order valence-corrected chi connectivity index (χ4v) is 3.08. The molecule has 0 radical (unpaired) electrons. The molecule has 0 saturated carbocycles. The van der Waals surface area contributed by atoms with E-state index in [0.29, 0.717) is 11.3 Å². The molecule has 0 aliphatic carbocycles. The molecular weight excluding hydrogens is 397 g/mol. The van der Waals surface area contributed by atoms with Crippen molar-refractivity contribution in [2.24, 2.45) is 0 Å². The Morgan fingerprint density at radius 1 is 1.13 bits per heavy atom. The highest BCUT2D eigenvalue weighted by Gasteiger charge is 2.23. The number of nitro groups is 2. The highest BCUT2D eigenvalue weighted by molar-refractivity contribution is 6.05. The molecule has 2 aromatic carbocycles. The van der Waals surface area contributed by atoms with E-state index >= 15 is 0 Å². The number of carbonyl (C=O) groups excluding carboxylic acids is 1. The smallest absolute Gasteiger partial charge is 0.312 e. The summed E-state index contributed by atoms with van der Waals surface area (Å²) >= 11 is 0. The number of carbonyl (C=O) groups is 1. The second-order valence-electron chi connectivity index (χ2n) is 6.47. The predicted octanol–water partition coefficient (Wildman–Crippen LogP) is 3.76. The van der Waals surface area contributed by atoms with Gasteiger partial charge in [-0.3, -0.25) is 29.7 Å². The number of hydrogen-bond acceptors (Lipinski definition) is 6. The van der Waals surface area contributed by atoms with Gasteiger partial charge in [0.25, 0.3) is 5.91 Å². The van der Waals surface area contributed by atoms with Gasteiger partial charge in [-0.2, -0.15) is 9.49 Å². The van der Waals surface area contributed by atoms with E-state index in [9.17, 15) is 29.4 Å². The van der Waals surface area contributed by atoms with Crippen molar-refractivity contribution in [1.29, 1.82) is 0 Å². The largest absolute Gasteiger partial charge is 0.322 e. The van der Waals surface area contributed by atoms with Gasteiger partial charge in [-0.1, -0.05) is 18.2 Å². The molecule has 0 aliphatic heterocycles. The highest BCUT2D eigenvalue weighted by atomic mass is 19.1. The van der Waals surface area contributed by atoms with Crippen LogP contribution in [0.5, 0.6) is 0 Å². The Kier molecular flexibility index (Phi) is 5.54. The minimum atomic E-state index is -1.01. The van der Waals surface area contributed by atoms with Gasteiger partial charge in [0.15, 0.2) is 0 Å². The zero-order valence-corrected chi connectivity index (χ0v) is 16.0. The van der Waals surface area contributed by atoms with Crippen molar-refractivity contribution < 1.29 is 19.0 Å². The summed E-state index contributed by atoms with van der Waals surface area (Å²) in [7, 11) is 0. The first-order valence-corrected chi connectivity index (χ1v) is 8.70. The Balaban J connectivity index is 1.90. The van der Waals surface area contributed by atoms with Gasteiger partial charge in [-0.05, 0) is 37.6 Å². The minimum Gasteiger partial charge on any atom is -0.322 e. The first kappa shape index (κ1) is 20.6. The zero-order valence-electron chi connectivity index (χ0n) is 16.0. The predicted molar refractivity (Wildman–Crippen MR) is 105 cm³/mol. The quantitative estimate of drug-likeness (QED) is 0.483. The number of aromatic nitrogens is 2. The maximum atomic E-state index is 13.5. The number of aryl methyl sites for hydroxylation is 1. The van der Waals surface area contributed by atoms with Crippen molar-refractivity contribution in [1.82, 2.24) is 9.78 Å². The van der Waals surface area contributed by atoms with Crippen LogP contribution < -0.4 is 5.32 Å². The van der Waals surface area contributed by atoms with Crippen molar-refractivity contribution >= 4 is 23.0 Å². The number of nitrogens with zero attached hydrogens (tertiary/aromatic N) is 4. The maximum Gasteiger partial charge on any atom is 0.312 e. The van der Waals surface area contributed by atoms with Gasteiger partial charge in [-0.15, -0.1) is 0 Å². The summed E-state index contributed by atoms with van der Waals surface area (Å²) in [6.07, 6.45) is 0. The second-order valence-corrected chi connectivity index (χ2v) is 6.47. The highest BCUT2D eigenvalue weighted by Crippen LogP contribution is 2.25. The summed E-state index contributed by atoms with van der Waals surface area (Å²) in [5.41, 5.74) is 0.614. The Morgan fingerprint density at radius 2 is 1.83 bits per heavy atom. The molecule has 0 fully saturated rings. The minimum absolute atomic E-state index is 0.0599. The normalized spacial score (nSPS) is 10.6. The number of anilines is 1. The number of rotatable bonds is 6. The molecular formula is C19H16FN5O5. The lowest BCUT2D eigenvalue weighted by Gasteiger charge is -2.11. The fourth-order valence-electron chi connectivity index (χ4n) is 3.08. The van der Waals surface area contributed by atoms with Crippen molar-refractivity contribution in [3.05, 3.63) is 91.0 Å². The molecule has 154 valence electrons. The molecule has 11 heteroatoms. The summed E-state index contributed by atoms with van der Waals surface area (Å²) < 4.78 is 14.9. The number of halogens is 1. The summed E-state index contributed by atoms with van der Waals surface area (Å²) in [5.74, 6) is -1.58. The molecule has 0 bridgehead atoms. The molecule has 30 heavy (non-hydrogen) atoms. The average molecular weight is 413 g/mol. The van der Waals surface area contributed by atoms with Crippen LogP contribution in [-0.4, -0.2) is 25.5 Å². The molecule has 0 unspecified atom stereocenters. The van der Waals surface area contributed by atoms with Gasteiger partial charge in [0.1, 0.15) is 11.4 Å². The topological polar surface area (TPSA) is 133 Å². The Hall–Kier alpha value is -4.15. The van der Waals surface area contributed by atoms with E-state index in [1.54, 1.807) is 31.2 Å². The van der Waals surface area contributed by atoms with Gasteiger partial charge in [0.05, 0.1) is 16.4 Å². The Labute approximate surface area is 169 Å². The Morgan fingerprint density at radius 3 is 2.47 bits per heavy atom. The van der Waals surface area contributed by atoms with Crippen LogP contribution in [0.1, 0.15) is 27.3 Å². The van der Waals surface area contributed by atoms with Crippen molar-refractivity contribution in [3.8, 4) is 0 Å². The van der Waals surface area contributed by atoms with Gasteiger partial charge < -0.3 is 5.32 Å². The van der Waals surface area contributed by atoms with Gasteiger partial charge in [0.2, 0.25) is 5.82 Å². The fraction of sp³-hybridized carbons (Fsp3) is 0.158. The molecule has 3 aromatic rings. The van der Waals surface area contributed by atoms with E-state index in [4.69, 9.17) is 0 Å². The molecule has 1 amide bonds. The molecule has 1 heterocycles. The van der Waals surface area contributed by atoms with E-state index in [2.05, 4.69) is 10.4 Å². The molecule has 3 rings (SSSR count). The molecule has 0 spiro atoms. The lowest BCUT2D eigenvalue weighted by atomic mass is 10.1. The van der Waals surface area contributed by atoms with Crippen LogP contribution in [0.4, 0.5) is 21.5 Å². The van der Waals surface area contributed by atoms with E-state index < -0.39 is 27.3 Å². The third-order valence-corrected chi connectivity index (χ3v) is 4.51. The van der Waals surface area contributed by atoms with Crippen LogP contribution in [0.2, 0.25) is 0 Å². The lowest BCUT2D eigenvalue weighted by molar-refractivity contribution is -0.387. The SMILES string of the molecule is Cc1nn(Cc2ccccc2C(=O)Nc2ccc(F)c([N+](=O)[O-])c2)c(C)c1[N+](=O)[O-]. The first-order chi connectivity index (χ1) is 14.2. The van der Waals surface area contributed by atoms with Crippen LogP contribution in [0, 0.1) is 39.9 Å². The molecule has 1 aromatic heterocycles. The van der Waals surface area contributed by atoms with Crippen LogP contribution in [0.25, 0.3) is 0 Å². The van der Waals surface area contributed by atoms with E-state index in [1.807, 2.05) is 0 Å². The molecule has 0 saturated heterocycles. The molecule has 10 nitrogen and oxygen atoms in total. The lowest BCUT2D eigenvalue weighted by Crippen LogP contribution is -2.16. The third-order valence-electron chi connectivity index (χ3n) is 4.51. The number of nitro benzene ring substituents is 1. The first-order valence-electron chi connectivity index (χ1n) is 8.70. The van der Waals surface area contributed by atoms with E-state index in [1.165, 1.54) is 17.7 Å². The van der Waals surface area contributed by atoms with Crippen LogP contribution in [0.3, 0.4) is 0 Å². The standard InChI is InChI=1S/C19H16FN5O5/c1-11-18(25(29)30)12(2)23(22-11)10-13-5-3-4-6-15(13)19(26)21-14-7-8-16(20)17(9-14)24(27)28/h3-9H,10H2,1-2H3,(H,21,26). The van der Waals surface area contributed by atoms with Crippen LogP contribution >= 0.6 is 0 Å². The second kappa shape index (κ2) is 8.07. The number of hydrogen-bond donors (Lipinski definition) is 1. The summed E-state index contributed by atoms with van der Waals surface area (Å²) in [6, 6.07) is 9.60. The average Bonchev–Trinajstić information content (AvgIpc) is 2.96. The summed E-state index contributed by atoms with van der Waals surface area (Å²) in [5, 5.41) is 28.8. The third kappa shape index (κ3) is 3.99.